The molecule has 0 aliphatic heterocycles. The third-order valence-corrected chi connectivity index (χ3v) is 6.00. The van der Waals surface area contributed by atoms with Gasteiger partial charge in [-0.1, -0.05) is 58.7 Å². The summed E-state index contributed by atoms with van der Waals surface area (Å²) >= 11 is 19.7. The molecular weight excluding hydrogens is 463 g/mol. The second kappa shape index (κ2) is 9.31. The minimum absolute atomic E-state index is 0.173. The molecule has 1 heterocycles. The summed E-state index contributed by atoms with van der Waals surface area (Å²) in [6.07, 6.45) is 0. The van der Waals surface area contributed by atoms with Crippen LogP contribution in [0.5, 0.6) is 5.75 Å². The highest BCUT2D eigenvalue weighted by molar-refractivity contribution is 7.99. The summed E-state index contributed by atoms with van der Waals surface area (Å²) in [6.45, 7) is 0.401. The van der Waals surface area contributed by atoms with Crippen molar-refractivity contribution in [2.75, 3.05) is 12.4 Å². The second-order valence-electron chi connectivity index (χ2n) is 6.30. The monoisotopic (exact) mass is 476 g/mol. The molecule has 3 aromatic carbocycles. The van der Waals surface area contributed by atoms with E-state index >= 15 is 0 Å². The standard InChI is InChI=1S/C22H15Cl3N2O2S/c23-14-5-8-16(9-6-14)27-21(28)17-10-7-15(24)13-19(17)26-22(27)30-12-11-29-20-4-2-1-3-18(20)25/h1-10,13H,11-12H2. The number of rotatable bonds is 6. The van der Waals surface area contributed by atoms with Crippen molar-refractivity contribution in [1.29, 1.82) is 0 Å². The van der Waals surface area contributed by atoms with Crippen LogP contribution in [0.2, 0.25) is 15.1 Å². The smallest absolute Gasteiger partial charge is 0.266 e. The number of fused-ring (bicyclic) bond motifs is 1. The van der Waals surface area contributed by atoms with Gasteiger partial charge in [0.2, 0.25) is 0 Å². The lowest BCUT2D eigenvalue weighted by Gasteiger charge is -2.14. The maximum absolute atomic E-state index is 13.2. The average Bonchev–Trinajstić information content (AvgIpc) is 2.73. The van der Waals surface area contributed by atoms with Crippen LogP contribution in [0.15, 0.2) is 76.7 Å². The lowest BCUT2D eigenvalue weighted by atomic mass is 10.2. The minimum atomic E-state index is -0.173. The number of benzene rings is 3. The summed E-state index contributed by atoms with van der Waals surface area (Å²) in [5.74, 6) is 1.19. The van der Waals surface area contributed by atoms with Crippen LogP contribution in [0.1, 0.15) is 0 Å². The molecule has 152 valence electrons. The molecule has 0 amide bonds. The molecule has 4 rings (SSSR count). The van der Waals surface area contributed by atoms with Crippen LogP contribution < -0.4 is 10.3 Å². The van der Waals surface area contributed by atoms with Crippen LogP contribution in [0, 0.1) is 0 Å². The summed E-state index contributed by atoms with van der Waals surface area (Å²) in [6, 6.07) is 19.4. The molecule has 0 aliphatic carbocycles. The van der Waals surface area contributed by atoms with Gasteiger partial charge >= 0.3 is 0 Å². The SMILES string of the molecule is O=c1c2ccc(Cl)cc2nc(SCCOc2ccccc2Cl)n1-c1ccc(Cl)cc1. The summed E-state index contributed by atoms with van der Waals surface area (Å²) in [4.78, 5) is 17.9. The zero-order chi connectivity index (χ0) is 21.1. The number of hydrogen-bond acceptors (Lipinski definition) is 4. The molecule has 0 unspecified atom stereocenters. The normalized spacial score (nSPS) is 11.0. The third kappa shape index (κ3) is 4.60. The molecule has 1 aromatic heterocycles. The number of thioether (sulfide) groups is 1. The number of aromatic nitrogens is 2. The van der Waals surface area contributed by atoms with Crippen molar-refractivity contribution in [3.63, 3.8) is 0 Å². The summed E-state index contributed by atoms with van der Waals surface area (Å²) in [5.41, 5.74) is 1.06. The van der Waals surface area contributed by atoms with Crippen molar-refractivity contribution in [3.05, 3.63) is 92.2 Å². The zero-order valence-corrected chi connectivity index (χ0v) is 18.6. The third-order valence-electron chi connectivity index (χ3n) is 4.29. The van der Waals surface area contributed by atoms with Crippen LogP contribution in [-0.2, 0) is 0 Å². The molecule has 0 spiro atoms. The van der Waals surface area contributed by atoms with Crippen LogP contribution in [0.25, 0.3) is 16.6 Å². The minimum Gasteiger partial charge on any atom is -0.491 e. The number of ether oxygens (including phenoxy) is 1. The van der Waals surface area contributed by atoms with Gasteiger partial charge in [0.15, 0.2) is 5.16 Å². The van der Waals surface area contributed by atoms with Gasteiger partial charge < -0.3 is 4.74 Å². The van der Waals surface area contributed by atoms with Gasteiger partial charge in [0.1, 0.15) is 5.75 Å². The molecule has 0 fully saturated rings. The van der Waals surface area contributed by atoms with Gasteiger partial charge in [0.05, 0.1) is 28.2 Å². The Kier molecular flexibility index (Phi) is 6.54. The number of hydrogen-bond donors (Lipinski definition) is 0. The largest absolute Gasteiger partial charge is 0.491 e. The first kappa shape index (κ1) is 21.1. The topological polar surface area (TPSA) is 44.1 Å². The fourth-order valence-corrected chi connectivity index (χ4v) is 4.21. The Bertz CT molecular complexity index is 1260. The Morgan fingerprint density at radius 2 is 1.67 bits per heavy atom. The van der Waals surface area contributed by atoms with Gasteiger partial charge in [-0.15, -0.1) is 0 Å². The van der Waals surface area contributed by atoms with Crippen molar-refractivity contribution in [3.8, 4) is 11.4 Å². The van der Waals surface area contributed by atoms with Crippen molar-refractivity contribution < 1.29 is 4.74 Å². The molecular formula is C22H15Cl3N2O2S. The number of para-hydroxylation sites is 1. The van der Waals surface area contributed by atoms with E-state index in [9.17, 15) is 4.79 Å². The number of halogens is 3. The second-order valence-corrected chi connectivity index (χ2v) is 8.64. The molecule has 4 aromatic rings. The van der Waals surface area contributed by atoms with E-state index in [-0.39, 0.29) is 5.56 Å². The van der Waals surface area contributed by atoms with E-state index in [1.807, 2.05) is 18.2 Å². The molecule has 4 nitrogen and oxygen atoms in total. The van der Waals surface area contributed by atoms with Crippen molar-refractivity contribution in [2.24, 2.45) is 0 Å². The highest BCUT2D eigenvalue weighted by Crippen LogP contribution is 2.26. The van der Waals surface area contributed by atoms with Crippen molar-refractivity contribution in [1.82, 2.24) is 9.55 Å². The zero-order valence-electron chi connectivity index (χ0n) is 15.5. The Hall–Kier alpha value is -2.18. The first-order chi connectivity index (χ1) is 14.5. The van der Waals surface area contributed by atoms with E-state index < -0.39 is 0 Å². The first-order valence-corrected chi connectivity index (χ1v) is 11.1. The van der Waals surface area contributed by atoms with E-state index in [4.69, 9.17) is 39.5 Å². The van der Waals surface area contributed by atoms with Gasteiger partial charge in [-0.3, -0.25) is 9.36 Å². The fourth-order valence-electron chi connectivity index (χ4n) is 2.90. The van der Waals surface area contributed by atoms with E-state index in [0.29, 0.717) is 54.9 Å². The van der Waals surface area contributed by atoms with Crippen LogP contribution >= 0.6 is 46.6 Å². The maximum atomic E-state index is 13.2. The van der Waals surface area contributed by atoms with Crippen LogP contribution in [0.3, 0.4) is 0 Å². The first-order valence-electron chi connectivity index (χ1n) is 9.01. The predicted octanol–water partition coefficient (Wildman–Crippen LogP) is 6.52. The molecule has 0 radical (unpaired) electrons. The van der Waals surface area contributed by atoms with E-state index in [1.165, 1.54) is 11.8 Å². The van der Waals surface area contributed by atoms with Gasteiger partial charge in [-0.2, -0.15) is 0 Å². The van der Waals surface area contributed by atoms with Gasteiger partial charge in [0.25, 0.3) is 5.56 Å². The molecule has 30 heavy (non-hydrogen) atoms. The molecule has 8 heteroatoms. The Labute approximate surface area is 192 Å². The molecule has 0 bridgehead atoms. The maximum Gasteiger partial charge on any atom is 0.266 e. The number of nitrogens with zero attached hydrogens (tertiary/aromatic N) is 2. The van der Waals surface area contributed by atoms with E-state index in [2.05, 4.69) is 4.98 Å². The van der Waals surface area contributed by atoms with E-state index in [1.54, 1.807) is 53.1 Å². The highest BCUT2D eigenvalue weighted by atomic mass is 35.5. The summed E-state index contributed by atoms with van der Waals surface area (Å²) in [7, 11) is 0. The Morgan fingerprint density at radius 1 is 0.933 bits per heavy atom. The van der Waals surface area contributed by atoms with Gasteiger partial charge in [-0.25, -0.2) is 4.98 Å². The Balaban J connectivity index is 1.66. The molecule has 0 saturated heterocycles. The van der Waals surface area contributed by atoms with E-state index in [0.717, 1.165) is 0 Å². The molecule has 0 aliphatic rings. The Morgan fingerprint density at radius 3 is 2.43 bits per heavy atom. The quantitative estimate of drug-likeness (QED) is 0.180. The highest BCUT2D eigenvalue weighted by Gasteiger charge is 2.14. The van der Waals surface area contributed by atoms with Gasteiger partial charge in [0, 0.05) is 15.8 Å². The molecule has 0 saturated carbocycles. The fraction of sp³-hybridized carbons (Fsp3) is 0.0909. The van der Waals surface area contributed by atoms with Crippen LogP contribution in [-0.4, -0.2) is 21.9 Å². The average molecular weight is 478 g/mol. The molecule has 0 N–H and O–H groups in total. The predicted molar refractivity (Wildman–Crippen MR) is 125 cm³/mol. The summed E-state index contributed by atoms with van der Waals surface area (Å²) < 4.78 is 7.33. The van der Waals surface area contributed by atoms with Crippen molar-refractivity contribution in [2.45, 2.75) is 5.16 Å². The molecule has 0 atom stereocenters. The lowest BCUT2D eigenvalue weighted by Crippen LogP contribution is -2.22. The summed E-state index contributed by atoms with van der Waals surface area (Å²) in [5, 5.41) is 2.70. The lowest BCUT2D eigenvalue weighted by molar-refractivity contribution is 0.344. The van der Waals surface area contributed by atoms with Crippen LogP contribution in [0.4, 0.5) is 0 Å². The van der Waals surface area contributed by atoms with Gasteiger partial charge in [-0.05, 0) is 54.6 Å². The van der Waals surface area contributed by atoms with Crippen molar-refractivity contribution >= 4 is 57.5 Å².